The number of benzene rings is 6. The molecule has 6 aromatic carbocycles. The summed E-state index contributed by atoms with van der Waals surface area (Å²) < 4.78 is 2.26. The summed E-state index contributed by atoms with van der Waals surface area (Å²) in [6.45, 7) is 13.6. The Labute approximate surface area is 351 Å². The molecule has 0 saturated carbocycles. The maximum absolute atomic E-state index is 11.0. The highest BCUT2D eigenvalue weighted by Crippen LogP contribution is 2.40. The van der Waals surface area contributed by atoms with E-state index in [0.29, 0.717) is 16.8 Å². The average Bonchev–Trinajstić information content (AvgIpc) is 3.59. The van der Waals surface area contributed by atoms with Crippen LogP contribution in [0, 0.1) is 11.3 Å². The Kier molecular flexibility index (Phi) is 9.45. The van der Waals surface area contributed by atoms with E-state index in [1.54, 1.807) is 6.07 Å². The van der Waals surface area contributed by atoms with Crippen LogP contribution in [-0.4, -0.2) is 19.6 Å². The summed E-state index contributed by atoms with van der Waals surface area (Å²) in [6, 6.07) is 56.3. The number of aromatic nitrogens is 3. The Morgan fingerprint density at radius 2 is 1.12 bits per heavy atom. The number of hydrogen-bond acceptors (Lipinski definition) is 4. The third-order valence-corrected chi connectivity index (χ3v) is 11.5. The molecule has 9 rings (SSSR count). The lowest BCUT2D eigenvalue weighted by molar-refractivity contribution is 0.477. The molecule has 0 spiro atoms. The van der Waals surface area contributed by atoms with Gasteiger partial charge in [0.1, 0.15) is 5.75 Å². The standard InChI is InChI=1S/C55H46N4O/c1-54(2,3)42-27-40(28-43(33-42)55(4,5)6)41-31-49(58-50(32-41)46-15-8-10-17-53(46)60)39-13-11-12-38(26-39)48-30-37(24-25-57-48)36-20-23-52-47(29-36)45-14-7-9-16-51(45)59(52)44-21-18-35(34-56)19-22-44/h7-33,60H,1-6H3. The number of aromatic hydroxyl groups is 1. The van der Waals surface area contributed by atoms with E-state index >= 15 is 0 Å². The smallest absolute Gasteiger partial charge is 0.124 e. The maximum Gasteiger partial charge on any atom is 0.124 e. The van der Waals surface area contributed by atoms with E-state index in [-0.39, 0.29) is 16.6 Å². The summed E-state index contributed by atoms with van der Waals surface area (Å²) >= 11 is 0. The molecule has 0 aliphatic rings. The number of pyridine rings is 2. The number of nitrogens with zero attached hydrogens (tertiary/aromatic N) is 4. The van der Waals surface area contributed by atoms with Gasteiger partial charge < -0.3 is 9.67 Å². The van der Waals surface area contributed by atoms with E-state index in [0.717, 1.165) is 66.9 Å². The summed E-state index contributed by atoms with van der Waals surface area (Å²) in [7, 11) is 0. The first-order valence-corrected chi connectivity index (χ1v) is 20.4. The Hall–Kier alpha value is -7.29. The molecule has 0 atom stereocenters. The van der Waals surface area contributed by atoms with Crippen LogP contribution in [0.4, 0.5) is 0 Å². The molecule has 60 heavy (non-hydrogen) atoms. The molecule has 0 saturated heterocycles. The molecule has 292 valence electrons. The van der Waals surface area contributed by atoms with Gasteiger partial charge in [-0.05, 0) is 129 Å². The molecule has 3 heterocycles. The SMILES string of the molecule is CC(C)(C)c1cc(-c2cc(-c3cccc(-c4cc(-c5ccc6c(c5)c5ccccc5n6-c5ccc(C#N)cc5)ccn4)c3)nc(-c3ccccc3O)c2)cc(C(C)(C)C)c1. The molecule has 3 aromatic heterocycles. The summed E-state index contributed by atoms with van der Waals surface area (Å²) in [4.78, 5) is 10.1. The Morgan fingerprint density at radius 3 is 1.83 bits per heavy atom. The van der Waals surface area contributed by atoms with Crippen molar-refractivity contribution in [2.45, 2.75) is 52.4 Å². The van der Waals surface area contributed by atoms with Crippen LogP contribution in [0.2, 0.25) is 0 Å². The number of hydrogen-bond donors (Lipinski definition) is 1. The third kappa shape index (κ3) is 7.22. The molecule has 0 aliphatic carbocycles. The van der Waals surface area contributed by atoms with Crippen molar-refractivity contribution >= 4 is 21.8 Å². The third-order valence-electron chi connectivity index (χ3n) is 11.5. The molecule has 1 N–H and O–H groups in total. The van der Waals surface area contributed by atoms with Crippen LogP contribution in [0.25, 0.3) is 83.5 Å². The maximum atomic E-state index is 11.0. The molecule has 5 heteroatoms. The zero-order chi connectivity index (χ0) is 41.8. The molecule has 0 unspecified atom stereocenters. The molecule has 0 amide bonds. The van der Waals surface area contributed by atoms with Crippen molar-refractivity contribution in [2.24, 2.45) is 0 Å². The highest BCUT2D eigenvalue weighted by Gasteiger charge is 2.22. The lowest BCUT2D eigenvalue weighted by atomic mass is 9.79. The molecule has 0 aliphatic heterocycles. The van der Waals surface area contributed by atoms with Crippen molar-refractivity contribution in [1.82, 2.24) is 14.5 Å². The van der Waals surface area contributed by atoms with Gasteiger partial charge in [-0.2, -0.15) is 5.26 Å². The lowest BCUT2D eigenvalue weighted by Gasteiger charge is -2.26. The first-order valence-electron chi connectivity index (χ1n) is 20.4. The number of para-hydroxylation sites is 2. The van der Waals surface area contributed by atoms with E-state index in [2.05, 4.69) is 161 Å². The van der Waals surface area contributed by atoms with Crippen LogP contribution in [0.1, 0.15) is 58.2 Å². The fraction of sp³-hybridized carbons (Fsp3) is 0.145. The van der Waals surface area contributed by atoms with Gasteiger partial charge in [-0.15, -0.1) is 0 Å². The van der Waals surface area contributed by atoms with Gasteiger partial charge in [-0.1, -0.05) is 114 Å². The van der Waals surface area contributed by atoms with Crippen molar-refractivity contribution in [3.05, 3.63) is 181 Å². The number of phenols is 1. The van der Waals surface area contributed by atoms with Crippen LogP contribution in [-0.2, 0) is 10.8 Å². The van der Waals surface area contributed by atoms with E-state index in [9.17, 15) is 10.4 Å². The van der Waals surface area contributed by atoms with Gasteiger partial charge >= 0.3 is 0 Å². The van der Waals surface area contributed by atoms with Gasteiger partial charge in [-0.3, -0.25) is 4.98 Å². The fourth-order valence-electron chi connectivity index (χ4n) is 8.06. The van der Waals surface area contributed by atoms with E-state index in [1.165, 1.54) is 16.5 Å². The Morgan fingerprint density at radius 1 is 0.500 bits per heavy atom. The van der Waals surface area contributed by atoms with Crippen LogP contribution < -0.4 is 0 Å². The van der Waals surface area contributed by atoms with Crippen molar-refractivity contribution in [1.29, 1.82) is 5.26 Å². The van der Waals surface area contributed by atoms with Crippen molar-refractivity contribution in [3.8, 4) is 73.5 Å². The van der Waals surface area contributed by atoms with Crippen LogP contribution in [0.15, 0.2) is 164 Å². The van der Waals surface area contributed by atoms with Gasteiger partial charge in [0.2, 0.25) is 0 Å². The van der Waals surface area contributed by atoms with E-state index in [1.807, 2.05) is 48.7 Å². The summed E-state index contributed by atoms with van der Waals surface area (Å²) in [5, 5.41) is 22.7. The first-order chi connectivity index (χ1) is 28.8. The number of rotatable bonds is 6. The highest BCUT2D eigenvalue weighted by molar-refractivity contribution is 6.10. The predicted octanol–water partition coefficient (Wildman–Crippen LogP) is 14.1. The second-order valence-corrected chi connectivity index (χ2v) is 17.7. The molecule has 9 aromatic rings. The molecule has 5 nitrogen and oxygen atoms in total. The van der Waals surface area contributed by atoms with Gasteiger partial charge in [-0.25, -0.2) is 4.98 Å². The minimum atomic E-state index is -0.0426. The fourth-order valence-corrected chi connectivity index (χ4v) is 8.06. The quantitative estimate of drug-likeness (QED) is 0.182. The van der Waals surface area contributed by atoms with Crippen LogP contribution >= 0.6 is 0 Å². The number of nitriles is 1. The Balaban J connectivity index is 1.13. The lowest BCUT2D eigenvalue weighted by Crippen LogP contribution is -2.16. The summed E-state index contributed by atoms with van der Waals surface area (Å²) in [5.41, 5.74) is 15.7. The Bertz CT molecular complexity index is 3100. The second-order valence-electron chi connectivity index (χ2n) is 17.7. The topological polar surface area (TPSA) is 74.7 Å². The highest BCUT2D eigenvalue weighted by atomic mass is 16.3. The summed E-state index contributed by atoms with van der Waals surface area (Å²) in [6.07, 6.45) is 1.88. The van der Waals surface area contributed by atoms with Gasteiger partial charge in [0, 0.05) is 39.3 Å². The second kappa shape index (κ2) is 14.8. The molecular formula is C55H46N4O. The van der Waals surface area contributed by atoms with Gasteiger partial charge in [0.05, 0.1) is 39.7 Å². The van der Waals surface area contributed by atoms with Crippen molar-refractivity contribution in [3.63, 3.8) is 0 Å². The molecule has 0 radical (unpaired) electrons. The molecule has 0 bridgehead atoms. The number of fused-ring (bicyclic) bond motifs is 3. The van der Waals surface area contributed by atoms with Crippen LogP contribution in [0.5, 0.6) is 5.75 Å². The van der Waals surface area contributed by atoms with Gasteiger partial charge in [0.25, 0.3) is 0 Å². The molecule has 0 fully saturated rings. The van der Waals surface area contributed by atoms with Crippen LogP contribution in [0.3, 0.4) is 0 Å². The predicted molar refractivity (Wildman–Crippen MR) is 247 cm³/mol. The minimum Gasteiger partial charge on any atom is -0.507 e. The monoisotopic (exact) mass is 778 g/mol. The van der Waals surface area contributed by atoms with E-state index < -0.39 is 0 Å². The largest absolute Gasteiger partial charge is 0.507 e. The van der Waals surface area contributed by atoms with Crippen molar-refractivity contribution < 1.29 is 5.11 Å². The normalized spacial score (nSPS) is 11.9. The average molecular weight is 779 g/mol. The first kappa shape index (κ1) is 38.2. The van der Waals surface area contributed by atoms with Gasteiger partial charge in [0.15, 0.2) is 0 Å². The van der Waals surface area contributed by atoms with Crippen molar-refractivity contribution in [2.75, 3.05) is 0 Å². The minimum absolute atomic E-state index is 0.0426. The number of phenolic OH excluding ortho intramolecular Hbond substituents is 1. The summed E-state index contributed by atoms with van der Waals surface area (Å²) in [5.74, 6) is 0.193. The zero-order valence-corrected chi connectivity index (χ0v) is 34.8. The van der Waals surface area contributed by atoms with E-state index in [4.69, 9.17) is 9.97 Å². The zero-order valence-electron chi connectivity index (χ0n) is 34.8. The molecular weight excluding hydrogens is 733 g/mol.